The Bertz CT molecular complexity index is 402. The molecule has 0 amide bonds. The average molecular weight is 276 g/mol. The van der Waals surface area contributed by atoms with Gasteiger partial charge in [-0.3, -0.25) is 4.90 Å². The van der Waals surface area contributed by atoms with Crippen LogP contribution < -0.4 is 5.32 Å². The van der Waals surface area contributed by atoms with Crippen LogP contribution in [0.5, 0.6) is 5.75 Å². The van der Waals surface area contributed by atoms with E-state index in [4.69, 9.17) is 0 Å². The van der Waals surface area contributed by atoms with Gasteiger partial charge in [0.05, 0.1) is 0 Å². The SMILES string of the molecule is CCCN(CC1CCCN1)C(CC)c1ccccc1O. The Morgan fingerprint density at radius 3 is 2.75 bits per heavy atom. The molecule has 2 rings (SSSR count). The number of rotatable bonds is 7. The van der Waals surface area contributed by atoms with Gasteiger partial charge in [-0.15, -0.1) is 0 Å². The van der Waals surface area contributed by atoms with Crippen LogP contribution in [0.1, 0.15) is 51.1 Å². The molecule has 1 saturated heterocycles. The molecular weight excluding hydrogens is 248 g/mol. The van der Waals surface area contributed by atoms with E-state index in [2.05, 4.69) is 30.1 Å². The smallest absolute Gasteiger partial charge is 0.120 e. The molecule has 3 nitrogen and oxygen atoms in total. The van der Waals surface area contributed by atoms with Crippen molar-refractivity contribution in [1.29, 1.82) is 0 Å². The van der Waals surface area contributed by atoms with Crippen molar-refractivity contribution in [3.63, 3.8) is 0 Å². The van der Waals surface area contributed by atoms with Crippen molar-refractivity contribution >= 4 is 0 Å². The first-order valence-electron chi connectivity index (χ1n) is 8.01. The van der Waals surface area contributed by atoms with Crippen LogP contribution in [0.3, 0.4) is 0 Å². The number of phenols is 1. The van der Waals surface area contributed by atoms with Gasteiger partial charge in [0.15, 0.2) is 0 Å². The second-order valence-electron chi connectivity index (χ2n) is 5.77. The summed E-state index contributed by atoms with van der Waals surface area (Å²) in [6.07, 6.45) is 4.75. The van der Waals surface area contributed by atoms with Crippen molar-refractivity contribution in [1.82, 2.24) is 10.2 Å². The van der Waals surface area contributed by atoms with Crippen molar-refractivity contribution < 1.29 is 5.11 Å². The summed E-state index contributed by atoms with van der Waals surface area (Å²) in [6.45, 7) is 7.76. The maximum Gasteiger partial charge on any atom is 0.120 e. The molecule has 0 radical (unpaired) electrons. The highest BCUT2D eigenvalue weighted by molar-refractivity contribution is 5.34. The summed E-state index contributed by atoms with van der Waals surface area (Å²) in [5.74, 6) is 0.430. The van der Waals surface area contributed by atoms with Crippen molar-refractivity contribution in [2.75, 3.05) is 19.6 Å². The van der Waals surface area contributed by atoms with Gasteiger partial charge in [0.1, 0.15) is 5.75 Å². The number of aromatic hydroxyl groups is 1. The van der Waals surface area contributed by atoms with Crippen LogP contribution in [-0.4, -0.2) is 35.7 Å². The van der Waals surface area contributed by atoms with Crippen LogP contribution in [0.4, 0.5) is 0 Å². The van der Waals surface area contributed by atoms with Gasteiger partial charge in [0.25, 0.3) is 0 Å². The largest absolute Gasteiger partial charge is 0.508 e. The van der Waals surface area contributed by atoms with Crippen molar-refractivity contribution in [2.45, 2.75) is 51.6 Å². The van der Waals surface area contributed by atoms with E-state index >= 15 is 0 Å². The van der Waals surface area contributed by atoms with Crippen LogP contribution in [0.2, 0.25) is 0 Å². The fourth-order valence-corrected chi connectivity index (χ4v) is 3.30. The van der Waals surface area contributed by atoms with Crippen LogP contribution in [0, 0.1) is 0 Å². The molecule has 2 unspecified atom stereocenters. The van der Waals surface area contributed by atoms with Gasteiger partial charge in [-0.25, -0.2) is 0 Å². The van der Waals surface area contributed by atoms with E-state index in [1.54, 1.807) is 6.07 Å². The summed E-state index contributed by atoms with van der Waals surface area (Å²) in [5.41, 5.74) is 1.07. The number of nitrogens with zero attached hydrogens (tertiary/aromatic N) is 1. The van der Waals surface area contributed by atoms with Gasteiger partial charge < -0.3 is 10.4 Å². The summed E-state index contributed by atoms with van der Waals surface area (Å²) in [7, 11) is 0. The molecule has 1 aliphatic heterocycles. The molecule has 0 bridgehead atoms. The maximum atomic E-state index is 10.1. The quantitative estimate of drug-likeness (QED) is 0.802. The Hall–Kier alpha value is -1.06. The maximum absolute atomic E-state index is 10.1. The first-order chi connectivity index (χ1) is 9.76. The van der Waals surface area contributed by atoms with E-state index in [-0.39, 0.29) is 0 Å². The van der Waals surface area contributed by atoms with Crippen LogP contribution in [0.25, 0.3) is 0 Å². The normalized spacial score (nSPS) is 20.4. The lowest BCUT2D eigenvalue weighted by atomic mass is 10.0. The molecule has 1 heterocycles. The second kappa shape index (κ2) is 7.65. The van der Waals surface area contributed by atoms with Gasteiger partial charge in [0, 0.05) is 24.2 Å². The Balaban J connectivity index is 2.13. The Labute approximate surface area is 123 Å². The Morgan fingerprint density at radius 1 is 1.35 bits per heavy atom. The zero-order valence-corrected chi connectivity index (χ0v) is 12.8. The van der Waals surface area contributed by atoms with E-state index in [1.807, 2.05) is 12.1 Å². The third-order valence-corrected chi connectivity index (χ3v) is 4.25. The van der Waals surface area contributed by atoms with Gasteiger partial charge in [-0.05, 0) is 44.8 Å². The monoisotopic (exact) mass is 276 g/mol. The number of nitrogens with one attached hydrogen (secondary N) is 1. The lowest BCUT2D eigenvalue weighted by molar-refractivity contribution is 0.173. The fourth-order valence-electron chi connectivity index (χ4n) is 3.30. The highest BCUT2D eigenvalue weighted by Gasteiger charge is 2.24. The van der Waals surface area contributed by atoms with Crippen molar-refractivity contribution in [3.05, 3.63) is 29.8 Å². The minimum atomic E-state index is 0.318. The molecule has 1 aliphatic rings. The first kappa shape index (κ1) is 15.3. The number of phenolic OH excluding ortho intramolecular Hbond substituents is 1. The number of hydrogen-bond acceptors (Lipinski definition) is 3. The summed E-state index contributed by atoms with van der Waals surface area (Å²) in [4.78, 5) is 2.54. The molecule has 0 saturated carbocycles. The van der Waals surface area contributed by atoms with Crippen LogP contribution in [-0.2, 0) is 0 Å². The molecule has 1 aromatic carbocycles. The number of benzene rings is 1. The highest BCUT2D eigenvalue weighted by Crippen LogP contribution is 2.31. The summed E-state index contributed by atoms with van der Waals surface area (Å²) < 4.78 is 0. The van der Waals surface area contributed by atoms with Crippen LogP contribution >= 0.6 is 0 Å². The lowest BCUT2D eigenvalue weighted by Gasteiger charge is -2.33. The Kier molecular flexibility index (Phi) is 5.86. The topological polar surface area (TPSA) is 35.5 Å². The zero-order valence-electron chi connectivity index (χ0n) is 12.8. The molecule has 2 atom stereocenters. The summed E-state index contributed by atoms with van der Waals surface area (Å²) in [6, 6.07) is 8.72. The van der Waals surface area contributed by atoms with Crippen LogP contribution in [0.15, 0.2) is 24.3 Å². The van der Waals surface area contributed by atoms with Gasteiger partial charge in [-0.2, -0.15) is 0 Å². The predicted octanol–water partition coefficient (Wildman–Crippen LogP) is 3.31. The van der Waals surface area contributed by atoms with Crippen molar-refractivity contribution in [3.8, 4) is 5.75 Å². The van der Waals surface area contributed by atoms with E-state index in [0.717, 1.165) is 38.0 Å². The predicted molar refractivity (Wildman–Crippen MR) is 84.0 cm³/mol. The molecule has 0 aromatic heterocycles. The third-order valence-electron chi connectivity index (χ3n) is 4.25. The molecule has 1 fully saturated rings. The molecule has 1 aromatic rings. The average Bonchev–Trinajstić information content (AvgIpc) is 2.95. The standard InChI is InChI=1S/C17H28N2O/c1-3-12-19(13-14-8-7-11-18-14)16(4-2)15-9-5-6-10-17(15)20/h5-6,9-10,14,16,18,20H,3-4,7-8,11-13H2,1-2H3. The molecule has 2 N–H and O–H groups in total. The molecular formula is C17H28N2O. The number of hydrogen-bond donors (Lipinski definition) is 2. The highest BCUT2D eigenvalue weighted by atomic mass is 16.3. The second-order valence-corrected chi connectivity index (χ2v) is 5.77. The van der Waals surface area contributed by atoms with Gasteiger partial charge in [-0.1, -0.05) is 32.0 Å². The molecule has 20 heavy (non-hydrogen) atoms. The van der Waals surface area contributed by atoms with Crippen molar-refractivity contribution in [2.24, 2.45) is 0 Å². The minimum Gasteiger partial charge on any atom is -0.508 e. The van der Waals surface area contributed by atoms with Gasteiger partial charge in [0.2, 0.25) is 0 Å². The van der Waals surface area contributed by atoms with E-state index in [1.165, 1.54) is 12.8 Å². The Morgan fingerprint density at radius 2 is 2.15 bits per heavy atom. The zero-order chi connectivity index (χ0) is 14.4. The van der Waals surface area contributed by atoms with E-state index in [0.29, 0.717) is 17.8 Å². The first-order valence-corrected chi connectivity index (χ1v) is 8.01. The lowest BCUT2D eigenvalue weighted by Crippen LogP contribution is -2.40. The van der Waals surface area contributed by atoms with E-state index in [9.17, 15) is 5.11 Å². The van der Waals surface area contributed by atoms with Gasteiger partial charge >= 0.3 is 0 Å². The molecule has 0 spiro atoms. The fraction of sp³-hybridized carbons (Fsp3) is 0.647. The number of para-hydroxylation sites is 1. The molecule has 112 valence electrons. The third kappa shape index (κ3) is 3.74. The molecule has 3 heteroatoms. The summed E-state index contributed by atoms with van der Waals surface area (Å²) >= 11 is 0. The minimum absolute atomic E-state index is 0.318. The molecule has 0 aliphatic carbocycles. The summed E-state index contributed by atoms with van der Waals surface area (Å²) in [5, 5.41) is 13.7. The van der Waals surface area contributed by atoms with E-state index < -0.39 is 0 Å².